The monoisotopic (exact) mass is 276 g/mol. The summed E-state index contributed by atoms with van der Waals surface area (Å²) in [6.07, 6.45) is 7.65. The van der Waals surface area contributed by atoms with Gasteiger partial charge in [0.05, 0.1) is 0 Å². The topological polar surface area (TPSA) is 6.48 Å². The Hall–Kier alpha value is -0.860. The Morgan fingerprint density at radius 3 is 1.40 bits per heavy atom. The maximum absolute atomic E-state index is 2.32. The minimum atomic E-state index is 1.20. The standard InChI is InChI=1S/C18H32N2/c1-19(2)15-9-7-13-17-11-5-6-12-18(17)14-8-10-16-20(3)4/h5-6,11-12H,7-10,13-16H2,1-4H3. The molecule has 1 rings (SSSR count). The van der Waals surface area contributed by atoms with E-state index in [1.165, 1.54) is 51.6 Å². The summed E-state index contributed by atoms with van der Waals surface area (Å²) in [5.41, 5.74) is 3.13. The third-order valence-corrected chi connectivity index (χ3v) is 3.72. The highest BCUT2D eigenvalue weighted by Gasteiger charge is 2.02. The lowest BCUT2D eigenvalue weighted by atomic mass is 9.98. The maximum Gasteiger partial charge on any atom is -0.00247 e. The average Bonchev–Trinajstić information content (AvgIpc) is 2.40. The third-order valence-electron chi connectivity index (χ3n) is 3.72. The molecular formula is C18H32N2. The van der Waals surface area contributed by atoms with Gasteiger partial charge >= 0.3 is 0 Å². The average molecular weight is 276 g/mol. The second-order valence-electron chi connectivity index (χ2n) is 6.29. The van der Waals surface area contributed by atoms with Gasteiger partial charge in [0.2, 0.25) is 0 Å². The Labute approximate surface area is 125 Å². The van der Waals surface area contributed by atoms with Crippen LogP contribution in [0.5, 0.6) is 0 Å². The molecule has 2 heteroatoms. The molecule has 0 aliphatic rings. The normalized spacial score (nSPS) is 11.5. The number of benzene rings is 1. The minimum Gasteiger partial charge on any atom is -0.309 e. The summed E-state index contributed by atoms with van der Waals surface area (Å²) in [4.78, 5) is 4.54. The van der Waals surface area contributed by atoms with E-state index in [0.29, 0.717) is 0 Å². The van der Waals surface area contributed by atoms with Crippen molar-refractivity contribution in [2.45, 2.75) is 38.5 Å². The summed E-state index contributed by atoms with van der Waals surface area (Å²) < 4.78 is 0. The van der Waals surface area contributed by atoms with Gasteiger partial charge in [0.15, 0.2) is 0 Å². The van der Waals surface area contributed by atoms with Gasteiger partial charge < -0.3 is 9.80 Å². The molecule has 0 heterocycles. The molecule has 0 fully saturated rings. The highest BCUT2D eigenvalue weighted by atomic mass is 15.0. The van der Waals surface area contributed by atoms with Crippen LogP contribution in [0.4, 0.5) is 0 Å². The molecule has 0 unspecified atom stereocenters. The Kier molecular flexibility index (Phi) is 8.56. The van der Waals surface area contributed by atoms with Crippen LogP contribution in [-0.4, -0.2) is 51.1 Å². The summed E-state index contributed by atoms with van der Waals surface area (Å²) in [7, 11) is 8.61. The first kappa shape index (κ1) is 17.2. The van der Waals surface area contributed by atoms with Crippen molar-refractivity contribution in [2.24, 2.45) is 0 Å². The van der Waals surface area contributed by atoms with Crippen molar-refractivity contribution in [3.8, 4) is 0 Å². The molecule has 0 aliphatic heterocycles. The van der Waals surface area contributed by atoms with Gasteiger partial charge in [-0.1, -0.05) is 24.3 Å². The molecule has 0 amide bonds. The van der Waals surface area contributed by atoms with Crippen LogP contribution in [0.15, 0.2) is 24.3 Å². The van der Waals surface area contributed by atoms with Gasteiger partial charge in [-0.3, -0.25) is 0 Å². The number of unbranched alkanes of at least 4 members (excludes halogenated alkanes) is 2. The first-order chi connectivity index (χ1) is 9.59. The lowest BCUT2D eigenvalue weighted by molar-refractivity contribution is 0.393. The Balaban J connectivity index is 2.34. The lowest BCUT2D eigenvalue weighted by Gasteiger charge is -2.12. The van der Waals surface area contributed by atoms with Crippen molar-refractivity contribution < 1.29 is 0 Å². The number of hydrogen-bond acceptors (Lipinski definition) is 2. The number of nitrogens with zero attached hydrogens (tertiary/aromatic N) is 2. The smallest absolute Gasteiger partial charge is 0.00247 e. The van der Waals surface area contributed by atoms with Crippen LogP contribution in [0.3, 0.4) is 0 Å². The van der Waals surface area contributed by atoms with Gasteiger partial charge in [-0.25, -0.2) is 0 Å². The molecule has 0 saturated carbocycles. The summed E-state index contributed by atoms with van der Waals surface area (Å²) >= 11 is 0. The van der Waals surface area contributed by atoms with Crippen molar-refractivity contribution in [3.05, 3.63) is 35.4 Å². The van der Waals surface area contributed by atoms with Crippen LogP contribution in [0, 0.1) is 0 Å². The van der Waals surface area contributed by atoms with E-state index < -0.39 is 0 Å². The largest absolute Gasteiger partial charge is 0.309 e. The fourth-order valence-electron chi connectivity index (χ4n) is 2.53. The molecule has 1 aromatic rings. The van der Waals surface area contributed by atoms with Crippen LogP contribution in [-0.2, 0) is 12.8 Å². The van der Waals surface area contributed by atoms with E-state index in [-0.39, 0.29) is 0 Å². The second-order valence-corrected chi connectivity index (χ2v) is 6.29. The Morgan fingerprint density at radius 1 is 0.650 bits per heavy atom. The molecule has 0 aromatic heterocycles. The van der Waals surface area contributed by atoms with Gasteiger partial charge in [0.25, 0.3) is 0 Å². The maximum atomic E-state index is 2.32. The fraction of sp³-hybridized carbons (Fsp3) is 0.667. The zero-order valence-corrected chi connectivity index (χ0v) is 13.9. The van der Waals surface area contributed by atoms with Gasteiger partial charge in [-0.15, -0.1) is 0 Å². The summed E-state index contributed by atoms with van der Waals surface area (Å²) in [5.74, 6) is 0. The summed E-state index contributed by atoms with van der Waals surface area (Å²) in [6.45, 7) is 2.40. The predicted octanol–water partition coefficient (Wildman–Crippen LogP) is 3.46. The SMILES string of the molecule is CN(C)CCCCc1ccccc1CCCCN(C)C. The van der Waals surface area contributed by atoms with Gasteiger partial charge in [0, 0.05) is 0 Å². The molecule has 20 heavy (non-hydrogen) atoms. The number of rotatable bonds is 10. The first-order valence-electron chi connectivity index (χ1n) is 7.96. The second kappa shape index (κ2) is 9.95. The molecule has 1 aromatic carbocycles. The highest BCUT2D eigenvalue weighted by Crippen LogP contribution is 2.15. The molecule has 0 bridgehead atoms. The zero-order valence-electron chi connectivity index (χ0n) is 13.9. The van der Waals surface area contributed by atoms with Gasteiger partial charge in [-0.05, 0) is 90.9 Å². The Bertz CT molecular complexity index is 323. The highest BCUT2D eigenvalue weighted by molar-refractivity contribution is 5.27. The van der Waals surface area contributed by atoms with Gasteiger partial charge in [-0.2, -0.15) is 0 Å². The van der Waals surface area contributed by atoms with E-state index in [9.17, 15) is 0 Å². The Morgan fingerprint density at radius 2 is 1.05 bits per heavy atom. The van der Waals surface area contributed by atoms with E-state index in [1.54, 1.807) is 11.1 Å². The van der Waals surface area contributed by atoms with Crippen LogP contribution < -0.4 is 0 Å². The molecular weight excluding hydrogens is 244 g/mol. The third kappa shape index (κ3) is 7.66. The van der Waals surface area contributed by atoms with E-state index in [2.05, 4.69) is 62.3 Å². The van der Waals surface area contributed by atoms with E-state index in [4.69, 9.17) is 0 Å². The fourth-order valence-corrected chi connectivity index (χ4v) is 2.53. The number of hydrogen-bond donors (Lipinski definition) is 0. The molecule has 0 spiro atoms. The molecule has 0 atom stereocenters. The van der Waals surface area contributed by atoms with Crippen molar-refractivity contribution >= 4 is 0 Å². The summed E-state index contributed by atoms with van der Waals surface area (Å²) in [6, 6.07) is 9.00. The zero-order chi connectivity index (χ0) is 14.8. The predicted molar refractivity (Wildman–Crippen MR) is 89.4 cm³/mol. The van der Waals surface area contributed by atoms with E-state index >= 15 is 0 Å². The van der Waals surface area contributed by atoms with E-state index in [0.717, 1.165) is 0 Å². The van der Waals surface area contributed by atoms with Gasteiger partial charge in [0.1, 0.15) is 0 Å². The first-order valence-corrected chi connectivity index (χ1v) is 7.96. The van der Waals surface area contributed by atoms with Crippen LogP contribution >= 0.6 is 0 Å². The van der Waals surface area contributed by atoms with Crippen molar-refractivity contribution in [1.29, 1.82) is 0 Å². The molecule has 0 N–H and O–H groups in total. The van der Waals surface area contributed by atoms with Crippen molar-refractivity contribution in [3.63, 3.8) is 0 Å². The van der Waals surface area contributed by atoms with E-state index in [1.807, 2.05) is 0 Å². The molecule has 2 nitrogen and oxygen atoms in total. The van der Waals surface area contributed by atoms with Crippen LogP contribution in [0.25, 0.3) is 0 Å². The molecule has 0 aliphatic carbocycles. The van der Waals surface area contributed by atoms with Crippen LogP contribution in [0.2, 0.25) is 0 Å². The number of aryl methyl sites for hydroxylation is 2. The van der Waals surface area contributed by atoms with Crippen molar-refractivity contribution in [1.82, 2.24) is 9.80 Å². The lowest BCUT2D eigenvalue weighted by Crippen LogP contribution is -2.13. The minimum absolute atomic E-state index is 1.20. The quantitative estimate of drug-likeness (QED) is 0.604. The van der Waals surface area contributed by atoms with Crippen molar-refractivity contribution in [2.75, 3.05) is 41.3 Å². The molecule has 0 radical (unpaired) electrons. The molecule has 0 saturated heterocycles. The van der Waals surface area contributed by atoms with Crippen LogP contribution in [0.1, 0.15) is 36.8 Å². The summed E-state index contributed by atoms with van der Waals surface area (Å²) in [5, 5.41) is 0. The molecule has 114 valence electrons.